The lowest BCUT2D eigenvalue weighted by Gasteiger charge is -2.16. The van der Waals surface area contributed by atoms with Crippen LogP contribution in [-0.2, 0) is 4.74 Å². The smallest absolute Gasteiger partial charge is 0.105 e. The summed E-state index contributed by atoms with van der Waals surface area (Å²) in [7, 11) is 0. The lowest BCUT2D eigenvalue weighted by Crippen LogP contribution is -2.35. The number of hydrogen-bond acceptors (Lipinski definition) is 6. The number of aliphatic hydroxyl groups is 2. The van der Waals surface area contributed by atoms with Gasteiger partial charge >= 0.3 is 0 Å². The van der Waals surface area contributed by atoms with E-state index in [9.17, 15) is 10.2 Å². The van der Waals surface area contributed by atoms with Gasteiger partial charge in [-0.25, -0.2) is 0 Å². The lowest BCUT2D eigenvalue weighted by atomic mass is 10.2. The molecule has 0 fully saturated rings. The summed E-state index contributed by atoms with van der Waals surface area (Å²) < 4.78 is 5.16. The van der Waals surface area contributed by atoms with Crippen LogP contribution in [0, 0.1) is 0 Å². The van der Waals surface area contributed by atoms with Crippen molar-refractivity contribution in [3.8, 4) is 0 Å². The van der Waals surface area contributed by atoms with Crippen LogP contribution in [0.1, 0.15) is 32.6 Å². The maximum atomic E-state index is 9.60. The fourth-order valence-corrected chi connectivity index (χ4v) is 1.45. The van der Waals surface area contributed by atoms with Crippen LogP contribution >= 0.6 is 0 Å². The highest BCUT2D eigenvalue weighted by atomic mass is 16.5. The molecule has 0 amide bonds. The zero-order valence-electron chi connectivity index (χ0n) is 11.4. The predicted molar refractivity (Wildman–Crippen MR) is 72.0 cm³/mol. The van der Waals surface area contributed by atoms with E-state index in [0.717, 1.165) is 19.4 Å². The molecule has 110 valence electrons. The summed E-state index contributed by atoms with van der Waals surface area (Å²) in [6, 6.07) is 0. The van der Waals surface area contributed by atoms with Gasteiger partial charge in [0.25, 0.3) is 0 Å². The number of rotatable bonds is 13. The van der Waals surface area contributed by atoms with Crippen molar-refractivity contribution in [2.24, 2.45) is 5.73 Å². The van der Waals surface area contributed by atoms with Crippen LogP contribution in [0.4, 0.5) is 0 Å². The molecule has 6 nitrogen and oxygen atoms in total. The van der Waals surface area contributed by atoms with Gasteiger partial charge in [0.05, 0.1) is 13.2 Å². The van der Waals surface area contributed by atoms with Crippen molar-refractivity contribution < 1.29 is 14.9 Å². The average Bonchev–Trinajstić information content (AvgIpc) is 2.36. The molecule has 0 spiro atoms. The second-order valence-electron chi connectivity index (χ2n) is 4.27. The summed E-state index contributed by atoms with van der Waals surface area (Å²) >= 11 is 0. The van der Waals surface area contributed by atoms with Crippen LogP contribution in [0.15, 0.2) is 0 Å². The van der Waals surface area contributed by atoms with Gasteiger partial charge < -0.3 is 20.7 Å². The van der Waals surface area contributed by atoms with Crippen molar-refractivity contribution in [3.63, 3.8) is 0 Å². The Morgan fingerprint density at radius 3 is 2.22 bits per heavy atom. The first kappa shape index (κ1) is 17.8. The van der Waals surface area contributed by atoms with Crippen molar-refractivity contribution in [1.82, 2.24) is 10.6 Å². The Labute approximate surface area is 110 Å². The van der Waals surface area contributed by atoms with Gasteiger partial charge in [-0.15, -0.1) is 0 Å². The third kappa shape index (κ3) is 12.2. The Morgan fingerprint density at radius 1 is 1.06 bits per heavy atom. The Bertz CT molecular complexity index is 173. The van der Waals surface area contributed by atoms with Crippen molar-refractivity contribution in [2.45, 2.75) is 45.1 Å². The largest absolute Gasteiger partial charge is 0.379 e. The first-order chi connectivity index (χ1) is 8.70. The van der Waals surface area contributed by atoms with E-state index in [4.69, 9.17) is 10.5 Å². The van der Waals surface area contributed by atoms with Crippen LogP contribution in [0.3, 0.4) is 0 Å². The van der Waals surface area contributed by atoms with Gasteiger partial charge in [-0.3, -0.25) is 10.6 Å². The SMILES string of the molecule is CCCCNC(O)CCC(O)NCCOCCN. The van der Waals surface area contributed by atoms with Crippen LogP contribution < -0.4 is 16.4 Å². The van der Waals surface area contributed by atoms with E-state index in [0.29, 0.717) is 39.1 Å². The minimum absolute atomic E-state index is 0.511. The predicted octanol–water partition coefficient (Wildman–Crippen LogP) is -0.642. The van der Waals surface area contributed by atoms with Gasteiger partial charge in [0.15, 0.2) is 0 Å². The van der Waals surface area contributed by atoms with E-state index < -0.39 is 12.5 Å². The van der Waals surface area contributed by atoms with E-state index in [2.05, 4.69) is 17.6 Å². The normalized spacial score (nSPS) is 14.7. The first-order valence-electron chi connectivity index (χ1n) is 6.81. The molecule has 18 heavy (non-hydrogen) atoms. The Hall–Kier alpha value is -0.240. The summed E-state index contributed by atoms with van der Waals surface area (Å²) in [5.74, 6) is 0. The number of ether oxygens (including phenoxy) is 1. The summed E-state index contributed by atoms with van der Waals surface area (Å²) in [4.78, 5) is 0. The molecule has 0 aliphatic carbocycles. The molecule has 0 rings (SSSR count). The van der Waals surface area contributed by atoms with E-state index in [-0.39, 0.29) is 0 Å². The number of aliphatic hydroxyl groups excluding tert-OH is 2. The molecule has 6 heteroatoms. The van der Waals surface area contributed by atoms with Crippen molar-refractivity contribution in [1.29, 1.82) is 0 Å². The monoisotopic (exact) mass is 263 g/mol. The minimum atomic E-state index is -0.603. The second kappa shape index (κ2) is 13.2. The van der Waals surface area contributed by atoms with Crippen LogP contribution in [0.5, 0.6) is 0 Å². The molecule has 0 bridgehead atoms. The van der Waals surface area contributed by atoms with Gasteiger partial charge in [0.1, 0.15) is 12.5 Å². The second-order valence-corrected chi connectivity index (χ2v) is 4.27. The van der Waals surface area contributed by atoms with E-state index in [1.807, 2.05) is 0 Å². The number of unbranched alkanes of at least 4 members (excludes halogenated alkanes) is 1. The van der Waals surface area contributed by atoms with Gasteiger partial charge in [-0.05, 0) is 25.8 Å². The number of hydrogen-bond donors (Lipinski definition) is 5. The molecule has 0 aromatic carbocycles. The van der Waals surface area contributed by atoms with E-state index >= 15 is 0 Å². The lowest BCUT2D eigenvalue weighted by molar-refractivity contribution is 0.0685. The molecule has 0 saturated carbocycles. The van der Waals surface area contributed by atoms with Crippen molar-refractivity contribution in [3.05, 3.63) is 0 Å². The van der Waals surface area contributed by atoms with Gasteiger partial charge in [0.2, 0.25) is 0 Å². The first-order valence-corrected chi connectivity index (χ1v) is 6.81. The molecule has 0 aliphatic rings. The Balaban J connectivity index is 3.31. The van der Waals surface area contributed by atoms with Crippen LogP contribution in [0.25, 0.3) is 0 Å². The summed E-state index contributed by atoms with van der Waals surface area (Å²) in [6.07, 6.45) is 2.05. The van der Waals surface area contributed by atoms with Crippen LogP contribution in [0.2, 0.25) is 0 Å². The zero-order chi connectivity index (χ0) is 13.6. The zero-order valence-corrected chi connectivity index (χ0v) is 11.4. The molecule has 2 unspecified atom stereocenters. The molecule has 0 aromatic rings. The average molecular weight is 263 g/mol. The Kier molecular flexibility index (Phi) is 13.0. The summed E-state index contributed by atoms with van der Waals surface area (Å²) in [6.45, 7) is 5.09. The molecule has 0 aliphatic heterocycles. The summed E-state index contributed by atoms with van der Waals surface area (Å²) in [5.41, 5.74) is 5.27. The quantitative estimate of drug-likeness (QED) is 0.224. The standard InChI is InChI=1S/C12H29N3O3/c1-2-3-7-14-11(16)4-5-12(17)15-8-10-18-9-6-13/h11-12,14-17H,2-10,13H2,1H3. The van der Waals surface area contributed by atoms with Gasteiger partial charge in [-0.1, -0.05) is 13.3 Å². The maximum Gasteiger partial charge on any atom is 0.105 e. The fraction of sp³-hybridized carbons (Fsp3) is 1.00. The van der Waals surface area contributed by atoms with E-state index in [1.165, 1.54) is 0 Å². The van der Waals surface area contributed by atoms with Crippen LogP contribution in [-0.4, -0.2) is 55.5 Å². The molecule has 2 atom stereocenters. The number of nitrogens with one attached hydrogen (secondary N) is 2. The van der Waals surface area contributed by atoms with Gasteiger partial charge in [0, 0.05) is 13.1 Å². The highest BCUT2D eigenvalue weighted by Gasteiger charge is 2.07. The molecule has 0 radical (unpaired) electrons. The fourth-order valence-electron chi connectivity index (χ4n) is 1.45. The molecular formula is C12H29N3O3. The molecule has 0 aromatic heterocycles. The highest BCUT2D eigenvalue weighted by Crippen LogP contribution is 1.98. The molecule has 0 saturated heterocycles. The summed E-state index contributed by atoms with van der Waals surface area (Å²) in [5, 5.41) is 25.1. The van der Waals surface area contributed by atoms with Crippen molar-refractivity contribution in [2.75, 3.05) is 32.8 Å². The van der Waals surface area contributed by atoms with Crippen molar-refractivity contribution >= 4 is 0 Å². The minimum Gasteiger partial charge on any atom is -0.379 e. The third-order valence-corrected chi connectivity index (χ3v) is 2.51. The maximum absolute atomic E-state index is 9.60. The Morgan fingerprint density at radius 2 is 1.67 bits per heavy atom. The topological polar surface area (TPSA) is 99.8 Å². The van der Waals surface area contributed by atoms with E-state index in [1.54, 1.807) is 0 Å². The number of nitrogens with two attached hydrogens (primary N) is 1. The molecule has 0 heterocycles. The molecular weight excluding hydrogens is 234 g/mol. The highest BCUT2D eigenvalue weighted by molar-refractivity contribution is 4.59. The molecule has 6 N–H and O–H groups in total. The third-order valence-electron chi connectivity index (χ3n) is 2.51. The van der Waals surface area contributed by atoms with Gasteiger partial charge in [-0.2, -0.15) is 0 Å².